The van der Waals surface area contributed by atoms with E-state index in [2.05, 4.69) is 317 Å². The topological polar surface area (TPSA) is 105 Å². The first kappa shape index (κ1) is 65.6. The highest BCUT2D eigenvalue weighted by Crippen LogP contribution is 2.44. The summed E-state index contributed by atoms with van der Waals surface area (Å²) in [5, 5.41) is 17.2. The van der Waals surface area contributed by atoms with Gasteiger partial charge >= 0.3 is 7.12 Å². The van der Waals surface area contributed by atoms with Gasteiger partial charge in [0, 0.05) is 56.2 Å². The Morgan fingerprint density at radius 1 is 0.272 bits per heavy atom. The molecular weight excluding hydrogens is 1280 g/mol. The number of rotatable bonds is 8. The Kier molecular flexibility index (Phi) is 17.5. The van der Waals surface area contributed by atoms with Crippen molar-refractivity contribution < 1.29 is 9.31 Å². The summed E-state index contributed by atoms with van der Waals surface area (Å²) in [4.78, 5) is 19.5. The van der Waals surface area contributed by atoms with Gasteiger partial charge in [0.2, 0.25) is 0 Å². The molecule has 5 heterocycles. The van der Waals surface area contributed by atoms with Gasteiger partial charge in [-0.25, -0.2) is 9.97 Å². The molecule has 4 aromatic heterocycles. The SMILES string of the molecule is CC1(C)OB(c2ccc(-c3ccccn3)cc2)OC1(C)C.Clc1cc(-c2ccc3ccccc3c2)nc2c1cc(-c1ccc3ccccc3c1)c1ccccc12.N.c1ccc(-c2ccc(-c3cc(-c4ccc5ccccc5c4)nc4c3cc(-c3ccc5ccccc5c3)c3ccccc34)cc2)nc1. The van der Waals surface area contributed by atoms with Crippen LogP contribution >= 0.6 is 11.6 Å². The number of nitrogens with zero attached hydrogens (tertiary/aromatic N) is 4. The van der Waals surface area contributed by atoms with E-state index < -0.39 is 0 Å². The molecule has 19 rings (SSSR count). The molecule has 0 aliphatic carbocycles. The highest BCUT2D eigenvalue weighted by molar-refractivity contribution is 6.62. The van der Waals surface area contributed by atoms with Crippen LogP contribution < -0.4 is 11.6 Å². The zero-order valence-corrected chi connectivity index (χ0v) is 58.4. The van der Waals surface area contributed by atoms with E-state index in [1.807, 2.05) is 54.7 Å². The van der Waals surface area contributed by atoms with Gasteiger partial charge in [-0.05, 0) is 193 Å². The summed E-state index contributed by atoms with van der Waals surface area (Å²) in [6.45, 7) is 8.26. The van der Waals surface area contributed by atoms with Crippen LogP contribution in [0, 0.1) is 0 Å². The van der Waals surface area contributed by atoms with Gasteiger partial charge in [-0.1, -0.05) is 266 Å². The number of fused-ring (bicyclic) bond motifs is 10. The van der Waals surface area contributed by atoms with Gasteiger partial charge in [-0.3, -0.25) is 9.97 Å². The lowest BCUT2D eigenvalue weighted by Crippen LogP contribution is -2.41. The fraction of sp³-hybridized carbons (Fsp3) is 0.0638. The van der Waals surface area contributed by atoms with E-state index >= 15 is 0 Å². The lowest BCUT2D eigenvalue weighted by Gasteiger charge is -2.32. The maximum atomic E-state index is 6.95. The molecule has 7 nitrogen and oxygen atoms in total. The average molecular weight is 1350 g/mol. The number of hydrogen-bond acceptors (Lipinski definition) is 7. The van der Waals surface area contributed by atoms with Gasteiger partial charge in [-0.2, -0.15) is 0 Å². The van der Waals surface area contributed by atoms with Crippen LogP contribution in [0.15, 0.2) is 340 Å². The third-order valence-electron chi connectivity index (χ3n) is 20.4. The Balaban J connectivity index is 0.000000127. The Hall–Kier alpha value is -12.0. The molecule has 0 saturated carbocycles. The van der Waals surface area contributed by atoms with Crippen molar-refractivity contribution in [1.82, 2.24) is 26.1 Å². The molecule has 3 N–H and O–H groups in total. The molecule has 1 fully saturated rings. The van der Waals surface area contributed by atoms with Crippen molar-refractivity contribution >= 4 is 111 Å². The minimum Gasteiger partial charge on any atom is -0.399 e. The third-order valence-corrected chi connectivity index (χ3v) is 20.7. The minimum atomic E-state index is -0.312. The summed E-state index contributed by atoms with van der Waals surface area (Å²) in [5.74, 6) is 0. The number of aromatic nitrogens is 4. The zero-order valence-electron chi connectivity index (χ0n) is 57.6. The summed E-state index contributed by atoms with van der Waals surface area (Å²) in [7, 11) is -0.312. The Labute approximate surface area is 604 Å². The fourth-order valence-corrected chi connectivity index (χ4v) is 14.4. The first-order valence-corrected chi connectivity index (χ1v) is 35.0. The normalized spacial score (nSPS) is 13.1. The highest BCUT2D eigenvalue weighted by atomic mass is 35.5. The smallest absolute Gasteiger partial charge is 0.399 e. The van der Waals surface area contributed by atoms with Crippen molar-refractivity contribution in [3.05, 3.63) is 345 Å². The van der Waals surface area contributed by atoms with E-state index in [0.29, 0.717) is 5.02 Å². The summed E-state index contributed by atoms with van der Waals surface area (Å²) < 4.78 is 12.1. The Morgan fingerprint density at radius 2 is 0.602 bits per heavy atom. The van der Waals surface area contributed by atoms with Crippen LogP contribution in [0.25, 0.3) is 165 Å². The number of pyridine rings is 4. The van der Waals surface area contributed by atoms with E-state index in [0.717, 1.165) is 94.2 Å². The van der Waals surface area contributed by atoms with Gasteiger partial charge in [-0.15, -0.1) is 0 Å². The minimum absolute atomic E-state index is 0. The van der Waals surface area contributed by atoms with Crippen molar-refractivity contribution in [2.45, 2.75) is 38.9 Å². The molecular formula is C94H71BClN5O2. The lowest BCUT2D eigenvalue weighted by molar-refractivity contribution is 0.00578. The van der Waals surface area contributed by atoms with Crippen LogP contribution in [-0.2, 0) is 9.31 Å². The van der Waals surface area contributed by atoms with Crippen molar-refractivity contribution in [2.24, 2.45) is 0 Å². The maximum absolute atomic E-state index is 6.95. The van der Waals surface area contributed by atoms with Gasteiger partial charge in [0.15, 0.2) is 0 Å². The predicted molar refractivity (Wildman–Crippen MR) is 434 cm³/mol. The van der Waals surface area contributed by atoms with Crippen LogP contribution in [0.2, 0.25) is 5.02 Å². The fourth-order valence-electron chi connectivity index (χ4n) is 14.2. The quantitative estimate of drug-likeness (QED) is 0.119. The van der Waals surface area contributed by atoms with Crippen LogP contribution in [0.4, 0.5) is 0 Å². The second-order valence-corrected chi connectivity index (χ2v) is 27.6. The maximum Gasteiger partial charge on any atom is 0.494 e. The second kappa shape index (κ2) is 27.5. The molecule has 1 aliphatic rings. The molecule has 103 heavy (non-hydrogen) atoms. The van der Waals surface area contributed by atoms with Crippen LogP contribution in [0.3, 0.4) is 0 Å². The Bertz CT molecular complexity index is 6210. The summed E-state index contributed by atoms with van der Waals surface area (Å²) in [6.07, 6.45) is 3.65. The van der Waals surface area contributed by atoms with Gasteiger partial charge in [0.1, 0.15) is 0 Å². The third kappa shape index (κ3) is 12.8. The average Bonchev–Trinajstić information content (AvgIpc) is 1.46. The summed E-state index contributed by atoms with van der Waals surface area (Å²) in [5.41, 5.74) is 17.6. The number of benzene rings is 14. The molecule has 0 radical (unpaired) electrons. The first-order chi connectivity index (χ1) is 49.9. The van der Waals surface area contributed by atoms with Crippen molar-refractivity contribution in [2.75, 3.05) is 0 Å². The van der Waals surface area contributed by atoms with E-state index in [-0.39, 0.29) is 24.5 Å². The van der Waals surface area contributed by atoms with Crippen LogP contribution in [0.5, 0.6) is 0 Å². The van der Waals surface area contributed by atoms with E-state index in [4.69, 9.17) is 30.9 Å². The molecule has 0 spiro atoms. The predicted octanol–water partition coefficient (Wildman–Crippen LogP) is 24.6. The Morgan fingerprint density at radius 3 is 1.04 bits per heavy atom. The van der Waals surface area contributed by atoms with E-state index in [9.17, 15) is 0 Å². The monoisotopic (exact) mass is 1350 g/mol. The molecule has 18 aromatic rings. The molecule has 0 unspecified atom stereocenters. The van der Waals surface area contributed by atoms with Crippen molar-refractivity contribution in [3.8, 4) is 78.4 Å². The van der Waals surface area contributed by atoms with Gasteiger partial charge in [0.25, 0.3) is 0 Å². The zero-order chi connectivity index (χ0) is 68.9. The molecule has 9 heteroatoms. The van der Waals surface area contributed by atoms with Gasteiger partial charge < -0.3 is 15.5 Å². The number of hydrogen-bond donors (Lipinski definition) is 1. The molecule has 1 saturated heterocycles. The molecule has 0 bridgehead atoms. The molecule has 0 atom stereocenters. The standard InChI is InChI=1S/C44H28N2.C33H20ClN.C17H20BNO2.H3N/c1-3-11-33-25-35(22-16-29(33)9-1)39-27-41-40(31-18-20-32(21-19-31)42-15-7-8-24-45-42)28-43(46-44(41)38-14-6-5-13-37(38)39)36-23-17-30-10-2-4-12-34(30)26-36;34-31-20-32(26-16-14-22-8-2-4-10-24(22)18-26)35-33-28-12-6-5-11-27(28)29(19-30(31)33)25-15-13-21-7-1-3-9-23(21)17-25;1-16(2)17(3,4)21-18(20-16)14-10-8-13(9-11-14)15-7-5-6-12-19-15;/h1-28H;1-20H;5-12H,1-4H3;1H3. The van der Waals surface area contributed by atoms with E-state index in [1.165, 1.54) is 76.1 Å². The molecule has 1 aliphatic heterocycles. The first-order valence-electron chi connectivity index (χ1n) is 34.7. The van der Waals surface area contributed by atoms with Crippen molar-refractivity contribution in [1.29, 1.82) is 0 Å². The van der Waals surface area contributed by atoms with Crippen LogP contribution in [0.1, 0.15) is 27.7 Å². The van der Waals surface area contributed by atoms with Crippen molar-refractivity contribution in [3.63, 3.8) is 0 Å². The highest BCUT2D eigenvalue weighted by Gasteiger charge is 2.51. The summed E-state index contributed by atoms with van der Waals surface area (Å²) in [6, 6.07) is 115. The largest absolute Gasteiger partial charge is 0.494 e. The molecule has 14 aromatic carbocycles. The number of halogens is 1. The lowest BCUT2D eigenvalue weighted by atomic mass is 9.79. The molecule has 0 amide bonds. The van der Waals surface area contributed by atoms with Crippen LogP contribution in [-0.4, -0.2) is 38.3 Å². The second-order valence-electron chi connectivity index (χ2n) is 27.2. The molecule has 494 valence electrons. The van der Waals surface area contributed by atoms with E-state index in [1.54, 1.807) is 6.20 Å². The summed E-state index contributed by atoms with van der Waals surface area (Å²) >= 11 is 6.95. The van der Waals surface area contributed by atoms with Gasteiger partial charge in [0.05, 0.1) is 50.0 Å².